The highest BCUT2D eigenvalue weighted by molar-refractivity contribution is 7.99. The van der Waals surface area contributed by atoms with E-state index in [1.54, 1.807) is 12.4 Å². The second-order valence-electron chi connectivity index (χ2n) is 5.55. The van der Waals surface area contributed by atoms with Crippen LogP contribution in [0.1, 0.15) is 18.0 Å². The van der Waals surface area contributed by atoms with E-state index in [1.807, 2.05) is 60.0 Å². The van der Waals surface area contributed by atoms with Crippen LogP contribution in [0.4, 0.5) is 0 Å². The molecule has 0 bridgehead atoms. The lowest BCUT2D eigenvalue weighted by atomic mass is 10.2. The minimum absolute atomic E-state index is 0.0797. The van der Waals surface area contributed by atoms with Crippen LogP contribution in [0.2, 0.25) is 0 Å². The Labute approximate surface area is 148 Å². The first-order valence-electron chi connectivity index (χ1n) is 7.83. The monoisotopic (exact) mass is 349 g/mol. The van der Waals surface area contributed by atoms with Gasteiger partial charge < -0.3 is 4.98 Å². The Bertz CT molecular complexity index is 1070. The number of nitrogens with zero attached hydrogens (tertiary/aromatic N) is 4. The Balaban J connectivity index is 1.67. The largest absolute Gasteiger partial charge is 0.309 e. The molecule has 0 aliphatic rings. The van der Waals surface area contributed by atoms with Gasteiger partial charge in [-0.1, -0.05) is 42.1 Å². The molecule has 2 heterocycles. The molecule has 0 aliphatic heterocycles. The quantitative estimate of drug-likeness (QED) is 0.572. The lowest BCUT2D eigenvalue weighted by Crippen LogP contribution is -2.13. The molecule has 6 nitrogen and oxygen atoms in total. The van der Waals surface area contributed by atoms with Gasteiger partial charge in [-0.2, -0.15) is 0 Å². The van der Waals surface area contributed by atoms with Crippen molar-refractivity contribution in [3.05, 3.63) is 77.1 Å². The van der Waals surface area contributed by atoms with Crippen LogP contribution >= 0.6 is 11.8 Å². The zero-order valence-electron chi connectivity index (χ0n) is 13.5. The number of benzene rings is 2. The van der Waals surface area contributed by atoms with Crippen molar-refractivity contribution in [3.8, 4) is 5.69 Å². The number of aromatic nitrogens is 5. The van der Waals surface area contributed by atoms with Gasteiger partial charge in [-0.15, -0.1) is 10.2 Å². The second kappa shape index (κ2) is 6.52. The summed E-state index contributed by atoms with van der Waals surface area (Å²) in [5.41, 5.74) is 1.55. The van der Waals surface area contributed by atoms with Gasteiger partial charge >= 0.3 is 0 Å². The summed E-state index contributed by atoms with van der Waals surface area (Å²) in [7, 11) is 0. The predicted molar refractivity (Wildman–Crippen MR) is 98.0 cm³/mol. The number of fused-ring (bicyclic) bond motifs is 1. The van der Waals surface area contributed by atoms with Gasteiger partial charge in [-0.25, -0.2) is 4.98 Å². The van der Waals surface area contributed by atoms with E-state index >= 15 is 0 Å². The highest BCUT2D eigenvalue weighted by atomic mass is 32.2. The molecule has 124 valence electrons. The number of nitrogens with one attached hydrogen (secondary N) is 1. The molecule has 4 rings (SSSR count). The smallest absolute Gasteiger partial charge is 0.258 e. The summed E-state index contributed by atoms with van der Waals surface area (Å²) >= 11 is 1.50. The number of rotatable bonds is 4. The van der Waals surface area contributed by atoms with E-state index in [1.165, 1.54) is 11.8 Å². The van der Waals surface area contributed by atoms with Gasteiger partial charge in [0.15, 0.2) is 5.16 Å². The lowest BCUT2D eigenvalue weighted by molar-refractivity contribution is 0.861. The zero-order valence-corrected chi connectivity index (χ0v) is 14.3. The molecule has 2 aromatic heterocycles. The first kappa shape index (κ1) is 15.6. The third-order valence-electron chi connectivity index (χ3n) is 3.85. The van der Waals surface area contributed by atoms with E-state index in [0.29, 0.717) is 16.7 Å². The molecule has 0 saturated heterocycles. The lowest BCUT2D eigenvalue weighted by Gasteiger charge is -2.12. The van der Waals surface area contributed by atoms with Gasteiger partial charge in [-0.05, 0) is 31.2 Å². The van der Waals surface area contributed by atoms with Crippen molar-refractivity contribution in [1.82, 2.24) is 24.7 Å². The van der Waals surface area contributed by atoms with Gasteiger partial charge in [0.25, 0.3) is 5.56 Å². The first-order chi connectivity index (χ1) is 12.2. The fourth-order valence-electron chi connectivity index (χ4n) is 2.58. The average Bonchev–Trinajstić information content (AvgIpc) is 3.10. The summed E-state index contributed by atoms with van der Waals surface area (Å²) < 4.78 is 1.92. The predicted octanol–water partition coefficient (Wildman–Crippen LogP) is 3.36. The van der Waals surface area contributed by atoms with Crippen LogP contribution in [-0.4, -0.2) is 24.7 Å². The normalized spacial score (nSPS) is 12.4. The third kappa shape index (κ3) is 3.06. The van der Waals surface area contributed by atoms with Crippen molar-refractivity contribution < 1.29 is 0 Å². The van der Waals surface area contributed by atoms with E-state index in [-0.39, 0.29) is 10.8 Å². The Morgan fingerprint density at radius 1 is 1.08 bits per heavy atom. The number of aromatic amines is 1. The fourth-order valence-corrected chi connectivity index (χ4v) is 3.48. The van der Waals surface area contributed by atoms with Crippen molar-refractivity contribution in [2.75, 3.05) is 0 Å². The number of thioether (sulfide) groups is 1. The summed E-state index contributed by atoms with van der Waals surface area (Å²) in [6, 6.07) is 17.2. The van der Waals surface area contributed by atoms with Crippen LogP contribution in [0.3, 0.4) is 0 Å². The molecule has 0 aliphatic carbocycles. The van der Waals surface area contributed by atoms with Gasteiger partial charge in [0.1, 0.15) is 12.2 Å². The molecular formula is C18H15N5OS. The van der Waals surface area contributed by atoms with Crippen molar-refractivity contribution >= 4 is 22.7 Å². The van der Waals surface area contributed by atoms with E-state index < -0.39 is 0 Å². The van der Waals surface area contributed by atoms with Crippen molar-refractivity contribution in [3.63, 3.8) is 0 Å². The van der Waals surface area contributed by atoms with E-state index in [4.69, 9.17) is 0 Å². The molecule has 1 atom stereocenters. The average molecular weight is 349 g/mol. The second-order valence-corrected chi connectivity index (χ2v) is 6.86. The van der Waals surface area contributed by atoms with Crippen molar-refractivity contribution in [2.24, 2.45) is 0 Å². The highest BCUT2D eigenvalue weighted by Crippen LogP contribution is 2.32. The molecule has 4 aromatic rings. The Morgan fingerprint density at radius 2 is 1.84 bits per heavy atom. The highest BCUT2D eigenvalue weighted by Gasteiger charge is 2.16. The molecule has 0 amide bonds. The molecule has 0 radical (unpaired) electrons. The minimum Gasteiger partial charge on any atom is -0.309 e. The van der Waals surface area contributed by atoms with Crippen LogP contribution in [-0.2, 0) is 0 Å². The van der Waals surface area contributed by atoms with E-state index in [2.05, 4.69) is 20.2 Å². The molecule has 2 aromatic carbocycles. The zero-order chi connectivity index (χ0) is 17.2. The Hall–Kier alpha value is -2.93. The molecule has 25 heavy (non-hydrogen) atoms. The summed E-state index contributed by atoms with van der Waals surface area (Å²) in [6.45, 7) is 1.99. The van der Waals surface area contributed by atoms with Gasteiger partial charge in [0.05, 0.1) is 16.2 Å². The van der Waals surface area contributed by atoms with Gasteiger partial charge in [0, 0.05) is 5.69 Å². The molecule has 0 spiro atoms. The van der Waals surface area contributed by atoms with Crippen molar-refractivity contribution in [2.45, 2.75) is 17.3 Å². The first-order valence-corrected chi connectivity index (χ1v) is 8.71. The summed E-state index contributed by atoms with van der Waals surface area (Å²) in [4.78, 5) is 19.7. The SMILES string of the molecule is CC(Sc1nncn1-c1ccccc1)c1nc2ccccc2c(=O)[nH]1. The summed E-state index contributed by atoms with van der Waals surface area (Å²) in [5.74, 6) is 0.622. The van der Waals surface area contributed by atoms with Crippen LogP contribution in [0.15, 0.2) is 70.9 Å². The molecule has 1 N–H and O–H groups in total. The molecule has 7 heteroatoms. The maximum atomic E-state index is 12.3. The number of H-pyrrole nitrogens is 1. The fraction of sp³-hybridized carbons (Fsp3) is 0.111. The topological polar surface area (TPSA) is 76.5 Å². The minimum atomic E-state index is -0.127. The van der Waals surface area contributed by atoms with Gasteiger partial charge in [0.2, 0.25) is 0 Å². The van der Waals surface area contributed by atoms with Gasteiger partial charge in [-0.3, -0.25) is 9.36 Å². The van der Waals surface area contributed by atoms with Crippen molar-refractivity contribution in [1.29, 1.82) is 0 Å². The van der Waals surface area contributed by atoms with Crippen LogP contribution < -0.4 is 5.56 Å². The van der Waals surface area contributed by atoms with E-state index in [0.717, 1.165) is 10.8 Å². The standard InChI is InChI=1S/C18H15N5OS/c1-12(16-20-15-10-6-5-9-14(15)17(24)21-16)25-18-22-19-11-23(18)13-7-3-2-4-8-13/h2-12H,1H3,(H,20,21,24). The number of hydrogen-bond donors (Lipinski definition) is 1. The van der Waals surface area contributed by atoms with Crippen LogP contribution in [0, 0.1) is 0 Å². The number of para-hydroxylation sites is 2. The maximum absolute atomic E-state index is 12.3. The summed E-state index contributed by atoms with van der Waals surface area (Å²) in [5, 5.41) is 9.47. The molecule has 0 saturated carbocycles. The maximum Gasteiger partial charge on any atom is 0.258 e. The number of hydrogen-bond acceptors (Lipinski definition) is 5. The Morgan fingerprint density at radius 3 is 2.68 bits per heavy atom. The molecular weight excluding hydrogens is 334 g/mol. The van der Waals surface area contributed by atoms with Crippen LogP contribution in [0.25, 0.3) is 16.6 Å². The van der Waals surface area contributed by atoms with E-state index in [9.17, 15) is 4.79 Å². The van der Waals surface area contributed by atoms with Crippen LogP contribution in [0.5, 0.6) is 0 Å². The Kier molecular flexibility index (Phi) is 4.07. The summed E-state index contributed by atoms with van der Waals surface area (Å²) in [6.07, 6.45) is 1.68. The third-order valence-corrected chi connectivity index (χ3v) is 4.92. The molecule has 1 unspecified atom stereocenters. The molecule has 0 fully saturated rings.